The minimum atomic E-state index is -3.83. The maximum Gasteiger partial charge on any atom is 0.263 e. The average Bonchev–Trinajstić information content (AvgIpc) is 3.21. The number of fused-ring (bicyclic) bond motifs is 1. The summed E-state index contributed by atoms with van der Waals surface area (Å²) in [4.78, 5) is 29.8. The first-order valence-corrected chi connectivity index (χ1v) is 13.2. The molecule has 2 heterocycles. The van der Waals surface area contributed by atoms with Crippen molar-refractivity contribution in [2.75, 3.05) is 10.0 Å². The third-order valence-electron chi connectivity index (χ3n) is 4.77. The molecule has 0 fully saturated rings. The lowest BCUT2D eigenvalue weighted by Gasteiger charge is -2.14. The quantitative estimate of drug-likeness (QED) is 0.283. The summed E-state index contributed by atoms with van der Waals surface area (Å²) in [5.74, 6) is -0.314. The summed E-state index contributed by atoms with van der Waals surface area (Å²) in [7, 11) is -2.21. The summed E-state index contributed by atoms with van der Waals surface area (Å²) in [6.07, 6.45) is 0. The molecule has 34 heavy (non-hydrogen) atoms. The number of nitrogens with zero attached hydrogens (tertiary/aromatic N) is 4. The van der Waals surface area contributed by atoms with Crippen molar-refractivity contribution in [2.24, 2.45) is 7.05 Å². The van der Waals surface area contributed by atoms with E-state index in [1.807, 2.05) is 0 Å². The molecule has 0 bridgehead atoms. The molecule has 1 atom stereocenters. The maximum atomic E-state index is 12.7. The van der Waals surface area contributed by atoms with Gasteiger partial charge in [0.1, 0.15) is 5.01 Å². The third kappa shape index (κ3) is 5.11. The Bertz CT molecular complexity index is 1530. The van der Waals surface area contributed by atoms with Crippen LogP contribution >= 0.6 is 23.1 Å². The number of aryl methyl sites for hydroxylation is 1. The molecule has 2 N–H and O–H groups in total. The number of para-hydroxylation sites is 1. The number of hydrogen-bond donors (Lipinski definition) is 2. The fourth-order valence-electron chi connectivity index (χ4n) is 2.99. The highest BCUT2D eigenvalue weighted by Gasteiger charge is 2.20. The van der Waals surface area contributed by atoms with Crippen molar-refractivity contribution < 1.29 is 13.2 Å². The zero-order chi connectivity index (χ0) is 24.5. The molecule has 0 aliphatic carbocycles. The minimum absolute atomic E-state index is 0.0242. The molecule has 0 radical (unpaired) electrons. The number of aromatic nitrogens is 4. The van der Waals surface area contributed by atoms with Crippen LogP contribution in [0.15, 0.2) is 63.4 Å². The number of nitrogens with one attached hydrogen (secondary N) is 2. The Morgan fingerprint density at radius 2 is 1.82 bits per heavy atom. The second kappa shape index (κ2) is 9.52. The van der Waals surface area contributed by atoms with Crippen LogP contribution in [-0.4, -0.2) is 39.3 Å². The summed E-state index contributed by atoms with van der Waals surface area (Å²) in [5.41, 5.74) is 0.813. The van der Waals surface area contributed by atoms with Gasteiger partial charge in [-0.25, -0.2) is 13.4 Å². The molecule has 0 aliphatic heterocycles. The van der Waals surface area contributed by atoms with Gasteiger partial charge in [0.15, 0.2) is 5.16 Å². The third-order valence-corrected chi connectivity index (χ3v) is 8.16. The van der Waals surface area contributed by atoms with Crippen LogP contribution in [0.2, 0.25) is 0 Å². The van der Waals surface area contributed by atoms with E-state index in [2.05, 4.69) is 25.2 Å². The van der Waals surface area contributed by atoms with Gasteiger partial charge in [-0.1, -0.05) is 35.2 Å². The Morgan fingerprint density at radius 3 is 2.50 bits per heavy atom. The Kier molecular flexibility index (Phi) is 6.68. The number of amides is 1. The SMILES string of the molecule is Cc1nnc(NS(=O)(=O)c2ccc(NC(=O)C(C)Sc3nc4ccccc4c(=O)n3C)cc2)s1. The molecule has 0 aliphatic rings. The van der Waals surface area contributed by atoms with E-state index in [1.54, 1.807) is 45.2 Å². The van der Waals surface area contributed by atoms with Crippen LogP contribution in [0.5, 0.6) is 0 Å². The van der Waals surface area contributed by atoms with Gasteiger partial charge < -0.3 is 5.32 Å². The second-order valence-corrected chi connectivity index (χ2v) is 11.5. The first-order chi connectivity index (χ1) is 16.1. The molecule has 10 nitrogen and oxygen atoms in total. The standard InChI is InChI=1S/C21H20N6O4S3/c1-12(32-21-23-17-7-5-4-6-16(17)19(29)27(21)3)18(28)22-14-8-10-15(11-9-14)34(30,31)26-20-25-24-13(2)33-20/h4-12H,1-3H3,(H,22,28)(H,25,26). The van der Waals surface area contributed by atoms with E-state index in [4.69, 9.17) is 0 Å². The Hall–Kier alpha value is -3.29. The highest BCUT2D eigenvalue weighted by molar-refractivity contribution is 8.00. The molecule has 0 saturated carbocycles. The van der Waals surface area contributed by atoms with Crippen molar-refractivity contribution in [3.8, 4) is 0 Å². The lowest BCUT2D eigenvalue weighted by Crippen LogP contribution is -2.25. The van der Waals surface area contributed by atoms with Gasteiger partial charge >= 0.3 is 0 Å². The van der Waals surface area contributed by atoms with Crippen LogP contribution in [-0.2, 0) is 21.9 Å². The molecule has 4 rings (SSSR count). The Morgan fingerprint density at radius 1 is 1.12 bits per heavy atom. The van der Waals surface area contributed by atoms with Gasteiger partial charge in [-0.3, -0.25) is 18.9 Å². The largest absolute Gasteiger partial charge is 0.325 e. The number of benzene rings is 2. The average molecular weight is 517 g/mol. The monoisotopic (exact) mass is 516 g/mol. The van der Waals surface area contributed by atoms with E-state index in [-0.39, 0.29) is 21.5 Å². The van der Waals surface area contributed by atoms with Crippen molar-refractivity contribution >= 4 is 60.8 Å². The fourth-order valence-corrected chi connectivity index (χ4v) is 5.68. The van der Waals surface area contributed by atoms with Gasteiger partial charge in [0.25, 0.3) is 15.6 Å². The topological polar surface area (TPSA) is 136 Å². The van der Waals surface area contributed by atoms with E-state index in [0.29, 0.717) is 26.8 Å². The van der Waals surface area contributed by atoms with Crippen LogP contribution < -0.4 is 15.6 Å². The normalized spacial score (nSPS) is 12.4. The van der Waals surface area contributed by atoms with Gasteiger partial charge in [0.2, 0.25) is 11.0 Å². The van der Waals surface area contributed by atoms with Crippen molar-refractivity contribution in [2.45, 2.75) is 29.1 Å². The molecule has 0 saturated heterocycles. The lowest BCUT2D eigenvalue weighted by molar-refractivity contribution is -0.115. The predicted octanol–water partition coefficient (Wildman–Crippen LogP) is 3.01. The first kappa shape index (κ1) is 23.9. The van der Waals surface area contributed by atoms with E-state index < -0.39 is 15.3 Å². The van der Waals surface area contributed by atoms with E-state index in [9.17, 15) is 18.0 Å². The number of rotatable bonds is 7. The molecular formula is C21H20N6O4S3. The van der Waals surface area contributed by atoms with Crippen LogP contribution in [0.4, 0.5) is 10.8 Å². The molecule has 0 spiro atoms. The molecule has 4 aromatic rings. The number of anilines is 2. The number of thioether (sulfide) groups is 1. The summed E-state index contributed by atoms with van der Waals surface area (Å²) in [6, 6.07) is 12.8. The fraction of sp³-hybridized carbons (Fsp3) is 0.190. The van der Waals surface area contributed by atoms with Crippen LogP contribution in [0.3, 0.4) is 0 Å². The summed E-state index contributed by atoms with van der Waals surface area (Å²) >= 11 is 2.29. The van der Waals surface area contributed by atoms with Crippen LogP contribution in [0.1, 0.15) is 11.9 Å². The number of carbonyl (C=O) groups excluding carboxylic acids is 1. The number of hydrogen-bond acceptors (Lipinski definition) is 9. The summed E-state index contributed by atoms with van der Waals surface area (Å²) in [6.45, 7) is 3.43. The van der Waals surface area contributed by atoms with Crippen molar-refractivity contribution in [3.05, 3.63) is 63.9 Å². The Labute approximate surface area is 203 Å². The highest BCUT2D eigenvalue weighted by Crippen LogP contribution is 2.24. The first-order valence-electron chi connectivity index (χ1n) is 10.0. The Balaban J connectivity index is 1.44. The van der Waals surface area contributed by atoms with Gasteiger partial charge in [-0.15, -0.1) is 10.2 Å². The predicted molar refractivity (Wildman–Crippen MR) is 133 cm³/mol. The zero-order valence-electron chi connectivity index (χ0n) is 18.3. The molecular weight excluding hydrogens is 496 g/mol. The van der Waals surface area contributed by atoms with Gasteiger partial charge in [-0.05, 0) is 50.2 Å². The van der Waals surface area contributed by atoms with E-state index in [1.165, 1.54) is 28.8 Å². The van der Waals surface area contributed by atoms with Gasteiger partial charge in [-0.2, -0.15) is 0 Å². The highest BCUT2D eigenvalue weighted by atomic mass is 32.2. The molecule has 1 unspecified atom stereocenters. The van der Waals surface area contributed by atoms with Gasteiger partial charge in [0, 0.05) is 12.7 Å². The van der Waals surface area contributed by atoms with Crippen LogP contribution in [0.25, 0.3) is 10.9 Å². The molecule has 13 heteroatoms. The lowest BCUT2D eigenvalue weighted by atomic mass is 10.2. The summed E-state index contributed by atoms with van der Waals surface area (Å²) in [5, 5.41) is 11.5. The van der Waals surface area contributed by atoms with Gasteiger partial charge in [0.05, 0.1) is 21.0 Å². The smallest absolute Gasteiger partial charge is 0.263 e. The molecule has 2 aromatic heterocycles. The molecule has 2 aromatic carbocycles. The summed E-state index contributed by atoms with van der Waals surface area (Å²) < 4.78 is 28.8. The van der Waals surface area contributed by atoms with Crippen LogP contribution in [0, 0.1) is 6.92 Å². The maximum absolute atomic E-state index is 12.7. The minimum Gasteiger partial charge on any atom is -0.325 e. The molecule has 176 valence electrons. The number of carbonyl (C=O) groups is 1. The van der Waals surface area contributed by atoms with Crippen molar-refractivity contribution in [1.29, 1.82) is 0 Å². The zero-order valence-corrected chi connectivity index (χ0v) is 20.8. The van der Waals surface area contributed by atoms with E-state index in [0.717, 1.165) is 23.1 Å². The van der Waals surface area contributed by atoms with E-state index >= 15 is 0 Å². The van der Waals surface area contributed by atoms with Crippen molar-refractivity contribution in [3.63, 3.8) is 0 Å². The second-order valence-electron chi connectivity index (χ2n) is 7.28. The number of sulfonamides is 1. The van der Waals surface area contributed by atoms with Crippen molar-refractivity contribution in [1.82, 2.24) is 19.7 Å². The molecule has 1 amide bonds.